The number of nitrogens with one attached hydrogen (secondary N) is 1. The Bertz CT molecular complexity index is 1040. The molecule has 1 atom stereocenters. The third-order valence-electron chi connectivity index (χ3n) is 4.72. The van der Waals surface area contributed by atoms with Gasteiger partial charge in [-0.2, -0.15) is 5.10 Å². The van der Waals surface area contributed by atoms with Crippen LogP contribution in [0.5, 0.6) is 0 Å². The van der Waals surface area contributed by atoms with Gasteiger partial charge in [0.25, 0.3) is 10.0 Å². The fourth-order valence-corrected chi connectivity index (χ4v) is 6.68. The standard InChI is InChI=1S/C17H23N3O4S2/c1-4-14-7-5-6-8-16(14)19-26(23,24)17-12(2)18-20(13(17)3)15-9-10-25(21,22)11-15/h5-8,15,19H,4,9-11H2,1-3H3/t15-/m1/s1. The Morgan fingerprint density at radius 3 is 2.58 bits per heavy atom. The van der Waals surface area contributed by atoms with E-state index in [1.54, 1.807) is 30.7 Å². The fourth-order valence-electron chi connectivity index (χ4n) is 3.48. The lowest BCUT2D eigenvalue weighted by molar-refractivity contribution is 0.484. The molecule has 1 aromatic heterocycles. The molecule has 1 saturated heterocycles. The molecule has 0 amide bonds. The van der Waals surface area contributed by atoms with Crippen LogP contribution in [0.15, 0.2) is 29.2 Å². The van der Waals surface area contributed by atoms with Crippen molar-refractivity contribution in [2.45, 2.75) is 44.6 Å². The van der Waals surface area contributed by atoms with Gasteiger partial charge in [-0.25, -0.2) is 16.8 Å². The van der Waals surface area contributed by atoms with E-state index in [9.17, 15) is 16.8 Å². The predicted octanol–water partition coefficient (Wildman–Crippen LogP) is 2.22. The van der Waals surface area contributed by atoms with Crippen molar-refractivity contribution in [3.63, 3.8) is 0 Å². The molecule has 1 aliphatic heterocycles. The van der Waals surface area contributed by atoms with Crippen LogP contribution in [-0.2, 0) is 26.3 Å². The van der Waals surface area contributed by atoms with E-state index < -0.39 is 19.9 Å². The number of aromatic nitrogens is 2. The van der Waals surface area contributed by atoms with Crippen LogP contribution >= 0.6 is 0 Å². The largest absolute Gasteiger partial charge is 0.279 e. The highest BCUT2D eigenvalue weighted by atomic mass is 32.2. The van der Waals surface area contributed by atoms with Gasteiger partial charge in [0.2, 0.25) is 0 Å². The molecule has 1 N–H and O–H groups in total. The minimum Gasteiger partial charge on any atom is -0.279 e. The number of hydrogen-bond donors (Lipinski definition) is 1. The molecule has 0 aliphatic carbocycles. The first-order valence-electron chi connectivity index (χ1n) is 8.51. The Balaban J connectivity index is 1.98. The molecule has 0 spiro atoms. The van der Waals surface area contributed by atoms with Gasteiger partial charge in [0, 0.05) is 0 Å². The lowest BCUT2D eigenvalue weighted by Gasteiger charge is -2.13. The van der Waals surface area contributed by atoms with E-state index in [-0.39, 0.29) is 22.4 Å². The average molecular weight is 398 g/mol. The number of sulfone groups is 1. The van der Waals surface area contributed by atoms with Crippen LogP contribution in [0.25, 0.3) is 0 Å². The maximum atomic E-state index is 13.0. The van der Waals surface area contributed by atoms with Gasteiger partial charge in [-0.1, -0.05) is 25.1 Å². The van der Waals surface area contributed by atoms with Gasteiger partial charge < -0.3 is 0 Å². The zero-order valence-corrected chi connectivity index (χ0v) is 16.7. The predicted molar refractivity (Wildman–Crippen MR) is 101 cm³/mol. The van der Waals surface area contributed by atoms with E-state index in [0.29, 0.717) is 29.9 Å². The molecule has 7 nitrogen and oxygen atoms in total. The first-order chi connectivity index (χ1) is 12.1. The number of para-hydroxylation sites is 1. The molecule has 0 unspecified atom stereocenters. The molecule has 9 heteroatoms. The minimum absolute atomic E-state index is 0.000540. The van der Waals surface area contributed by atoms with Crippen LogP contribution in [0.1, 0.15) is 36.3 Å². The van der Waals surface area contributed by atoms with E-state index in [4.69, 9.17) is 0 Å². The normalized spacial score (nSPS) is 19.6. The first-order valence-corrected chi connectivity index (χ1v) is 11.8. The van der Waals surface area contributed by atoms with Crippen molar-refractivity contribution in [1.29, 1.82) is 0 Å². The molecule has 0 radical (unpaired) electrons. The molecule has 1 fully saturated rings. The molecule has 0 bridgehead atoms. The highest BCUT2D eigenvalue weighted by Gasteiger charge is 2.33. The Morgan fingerprint density at radius 2 is 1.96 bits per heavy atom. The number of rotatable bonds is 5. The molecule has 26 heavy (non-hydrogen) atoms. The van der Waals surface area contributed by atoms with E-state index in [2.05, 4.69) is 9.82 Å². The van der Waals surface area contributed by atoms with Gasteiger partial charge >= 0.3 is 0 Å². The van der Waals surface area contributed by atoms with Crippen molar-refractivity contribution in [2.24, 2.45) is 0 Å². The fraction of sp³-hybridized carbons (Fsp3) is 0.471. The van der Waals surface area contributed by atoms with Crippen LogP contribution in [0.2, 0.25) is 0 Å². The molecule has 142 valence electrons. The number of aryl methyl sites for hydroxylation is 2. The summed E-state index contributed by atoms with van der Waals surface area (Å²) < 4.78 is 53.7. The van der Waals surface area contributed by atoms with Crippen LogP contribution in [0.3, 0.4) is 0 Å². The summed E-state index contributed by atoms with van der Waals surface area (Å²) >= 11 is 0. The zero-order chi connectivity index (χ0) is 19.1. The molecular weight excluding hydrogens is 374 g/mol. The minimum atomic E-state index is -3.83. The summed E-state index contributed by atoms with van der Waals surface area (Å²) in [6.07, 6.45) is 1.16. The van der Waals surface area contributed by atoms with Crippen LogP contribution in [0, 0.1) is 13.8 Å². The molecule has 1 aromatic carbocycles. The highest BCUT2D eigenvalue weighted by Crippen LogP contribution is 2.30. The summed E-state index contributed by atoms with van der Waals surface area (Å²) in [4.78, 5) is 0.118. The summed E-state index contributed by atoms with van der Waals surface area (Å²) in [5.41, 5.74) is 2.28. The zero-order valence-electron chi connectivity index (χ0n) is 15.1. The van der Waals surface area contributed by atoms with Gasteiger partial charge in [-0.05, 0) is 38.3 Å². The third kappa shape index (κ3) is 3.50. The van der Waals surface area contributed by atoms with Crippen molar-refractivity contribution in [2.75, 3.05) is 16.2 Å². The summed E-state index contributed by atoms with van der Waals surface area (Å²) in [5, 5.41) is 4.34. The topological polar surface area (TPSA) is 98.1 Å². The Labute approximate surface area is 154 Å². The first kappa shape index (κ1) is 18.9. The monoisotopic (exact) mass is 397 g/mol. The summed E-state index contributed by atoms with van der Waals surface area (Å²) in [5.74, 6) is 0.112. The van der Waals surface area contributed by atoms with Crippen molar-refractivity contribution >= 4 is 25.5 Å². The Kier molecular flexibility index (Phi) is 4.87. The second kappa shape index (κ2) is 6.70. The molecule has 1 aliphatic rings. The maximum Gasteiger partial charge on any atom is 0.265 e. The molecule has 2 heterocycles. The number of hydrogen-bond acceptors (Lipinski definition) is 5. The van der Waals surface area contributed by atoms with Crippen LogP contribution < -0.4 is 4.72 Å². The lowest BCUT2D eigenvalue weighted by Crippen LogP contribution is -2.17. The molecule has 3 rings (SSSR count). The highest BCUT2D eigenvalue weighted by molar-refractivity contribution is 7.93. The second-order valence-corrected chi connectivity index (χ2v) is 10.5. The van der Waals surface area contributed by atoms with Gasteiger partial charge in [0.05, 0.1) is 34.6 Å². The summed E-state index contributed by atoms with van der Waals surface area (Å²) in [6, 6.07) is 6.94. The van der Waals surface area contributed by atoms with Crippen molar-refractivity contribution in [3.8, 4) is 0 Å². The van der Waals surface area contributed by atoms with Crippen molar-refractivity contribution < 1.29 is 16.8 Å². The van der Waals surface area contributed by atoms with Crippen molar-refractivity contribution in [3.05, 3.63) is 41.2 Å². The number of anilines is 1. The van der Waals surface area contributed by atoms with Gasteiger partial charge in [0.1, 0.15) is 4.90 Å². The van der Waals surface area contributed by atoms with Crippen LogP contribution in [0.4, 0.5) is 5.69 Å². The number of sulfonamides is 1. The second-order valence-electron chi connectivity index (χ2n) is 6.62. The summed E-state index contributed by atoms with van der Waals surface area (Å²) in [7, 11) is -6.91. The molecule has 0 saturated carbocycles. The SMILES string of the molecule is CCc1ccccc1NS(=O)(=O)c1c(C)nn([C@@H]2CCS(=O)(=O)C2)c1C. The third-order valence-corrected chi connectivity index (χ3v) is 8.09. The van der Waals surface area contributed by atoms with E-state index in [0.717, 1.165) is 5.56 Å². The van der Waals surface area contributed by atoms with Gasteiger partial charge in [0.15, 0.2) is 9.84 Å². The molecule has 2 aromatic rings. The Hall–Kier alpha value is -1.87. The van der Waals surface area contributed by atoms with E-state index >= 15 is 0 Å². The summed E-state index contributed by atoms with van der Waals surface area (Å²) in [6.45, 7) is 5.26. The Morgan fingerprint density at radius 1 is 1.27 bits per heavy atom. The van der Waals surface area contributed by atoms with Crippen molar-refractivity contribution in [1.82, 2.24) is 9.78 Å². The quantitative estimate of drug-likeness (QED) is 0.834. The molecular formula is C17H23N3O4S2. The maximum absolute atomic E-state index is 13.0. The van der Waals surface area contributed by atoms with Gasteiger partial charge in [-0.15, -0.1) is 0 Å². The number of nitrogens with zero attached hydrogens (tertiary/aromatic N) is 2. The van der Waals surface area contributed by atoms with Gasteiger partial charge in [-0.3, -0.25) is 9.40 Å². The smallest absolute Gasteiger partial charge is 0.265 e. The average Bonchev–Trinajstić information content (AvgIpc) is 3.06. The lowest BCUT2D eigenvalue weighted by atomic mass is 10.1. The van der Waals surface area contributed by atoms with E-state index in [1.165, 1.54) is 0 Å². The van der Waals surface area contributed by atoms with E-state index in [1.807, 2.05) is 19.1 Å². The number of benzene rings is 1. The van der Waals surface area contributed by atoms with Crippen LogP contribution in [-0.4, -0.2) is 38.1 Å².